The van der Waals surface area contributed by atoms with Gasteiger partial charge >= 0.3 is 0 Å². The Bertz CT molecular complexity index is 537. The average Bonchev–Trinajstić information content (AvgIpc) is 2.45. The minimum absolute atomic E-state index is 0.0437. The van der Waals surface area contributed by atoms with E-state index in [1.54, 1.807) is 18.2 Å². The van der Waals surface area contributed by atoms with Gasteiger partial charge in [-0.2, -0.15) is 0 Å². The number of benzene rings is 2. The second kappa shape index (κ2) is 6.44. The van der Waals surface area contributed by atoms with E-state index in [9.17, 15) is 9.90 Å². The maximum atomic E-state index is 10.9. The van der Waals surface area contributed by atoms with Crippen LogP contribution in [0.15, 0.2) is 54.6 Å². The number of carbonyl (C=O) groups excluding carboxylic acids is 1. The lowest BCUT2D eigenvalue weighted by Crippen LogP contribution is -2.23. The van der Waals surface area contributed by atoms with Gasteiger partial charge in [0.05, 0.1) is 5.97 Å². The second-order valence-electron chi connectivity index (χ2n) is 3.79. The van der Waals surface area contributed by atoms with Crippen LogP contribution in [0, 0.1) is 0 Å². The Kier molecular flexibility index (Phi) is 4.39. The summed E-state index contributed by atoms with van der Waals surface area (Å²) in [6.07, 6.45) is 0. The van der Waals surface area contributed by atoms with Crippen LogP contribution in [0.25, 0.3) is 0 Å². The zero-order chi connectivity index (χ0) is 13.5. The van der Waals surface area contributed by atoms with Crippen molar-refractivity contribution in [3.8, 4) is 11.5 Å². The van der Waals surface area contributed by atoms with E-state index in [-0.39, 0.29) is 12.2 Å². The Morgan fingerprint density at radius 2 is 1.53 bits per heavy atom. The SMILES string of the molecule is O=C([O-])c1ccccc1OCCOc1ccccc1. The van der Waals surface area contributed by atoms with Gasteiger partial charge in [-0.25, -0.2) is 0 Å². The number of rotatable bonds is 6. The third kappa shape index (κ3) is 3.74. The van der Waals surface area contributed by atoms with Crippen LogP contribution in [-0.4, -0.2) is 19.2 Å². The molecule has 0 aliphatic rings. The molecule has 0 saturated carbocycles. The van der Waals surface area contributed by atoms with Gasteiger partial charge in [-0.1, -0.05) is 30.3 Å². The van der Waals surface area contributed by atoms with Gasteiger partial charge in [0.2, 0.25) is 0 Å². The average molecular weight is 257 g/mol. The third-order valence-corrected chi connectivity index (χ3v) is 2.46. The lowest BCUT2D eigenvalue weighted by atomic mass is 10.2. The van der Waals surface area contributed by atoms with E-state index in [0.717, 1.165) is 5.75 Å². The number of aromatic carboxylic acids is 1. The third-order valence-electron chi connectivity index (χ3n) is 2.46. The van der Waals surface area contributed by atoms with E-state index >= 15 is 0 Å². The summed E-state index contributed by atoms with van der Waals surface area (Å²) >= 11 is 0. The standard InChI is InChI=1S/C15H14O4/c16-15(17)13-8-4-5-9-14(13)19-11-10-18-12-6-2-1-3-7-12/h1-9H,10-11H2,(H,16,17)/p-1. The lowest BCUT2D eigenvalue weighted by Gasteiger charge is -2.12. The second-order valence-corrected chi connectivity index (χ2v) is 3.79. The van der Waals surface area contributed by atoms with E-state index in [4.69, 9.17) is 9.47 Å². The van der Waals surface area contributed by atoms with Crippen LogP contribution in [0.4, 0.5) is 0 Å². The molecule has 0 heterocycles. The molecule has 0 unspecified atom stereocenters. The first-order chi connectivity index (χ1) is 9.27. The van der Waals surface area contributed by atoms with E-state index in [2.05, 4.69) is 0 Å². The van der Waals surface area contributed by atoms with Crippen LogP contribution in [0.3, 0.4) is 0 Å². The van der Waals surface area contributed by atoms with Gasteiger partial charge in [-0.15, -0.1) is 0 Å². The molecule has 4 nitrogen and oxygen atoms in total. The Morgan fingerprint density at radius 3 is 2.26 bits per heavy atom. The Labute approximate surface area is 111 Å². The van der Waals surface area contributed by atoms with E-state index in [1.165, 1.54) is 6.07 Å². The van der Waals surface area contributed by atoms with Crippen molar-refractivity contribution in [2.75, 3.05) is 13.2 Å². The molecule has 2 aromatic rings. The summed E-state index contributed by atoms with van der Waals surface area (Å²) in [4.78, 5) is 10.9. The first-order valence-corrected chi connectivity index (χ1v) is 5.88. The molecule has 0 N–H and O–H groups in total. The minimum atomic E-state index is -1.25. The molecule has 0 aliphatic heterocycles. The van der Waals surface area contributed by atoms with Crippen LogP contribution in [0.1, 0.15) is 10.4 Å². The molecule has 2 aromatic carbocycles. The molecule has 0 fully saturated rings. The summed E-state index contributed by atoms with van der Waals surface area (Å²) in [5.74, 6) is -0.210. The quantitative estimate of drug-likeness (QED) is 0.736. The molecule has 0 saturated heterocycles. The summed E-state index contributed by atoms with van der Waals surface area (Å²) in [6.45, 7) is 0.602. The van der Waals surface area contributed by atoms with Crippen molar-refractivity contribution in [3.05, 3.63) is 60.2 Å². The van der Waals surface area contributed by atoms with Crippen LogP contribution < -0.4 is 14.6 Å². The highest BCUT2D eigenvalue weighted by molar-refractivity contribution is 5.89. The predicted molar refractivity (Wildman–Crippen MR) is 68.2 cm³/mol. The smallest absolute Gasteiger partial charge is 0.128 e. The van der Waals surface area contributed by atoms with Crippen molar-refractivity contribution >= 4 is 5.97 Å². The summed E-state index contributed by atoms with van der Waals surface area (Å²) in [5, 5.41) is 10.9. The van der Waals surface area contributed by atoms with Crippen molar-refractivity contribution < 1.29 is 19.4 Å². The van der Waals surface area contributed by atoms with Crippen molar-refractivity contribution in [3.63, 3.8) is 0 Å². The molecular formula is C15H13O4-. The van der Waals surface area contributed by atoms with Gasteiger partial charge in [0.1, 0.15) is 24.7 Å². The van der Waals surface area contributed by atoms with Gasteiger partial charge < -0.3 is 19.4 Å². The molecule has 0 amide bonds. The van der Waals surface area contributed by atoms with Gasteiger partial charge in [0.25, 0.3) is 0 Å². The fourth-order valence-electron chi connectivity index (χ4n) is 1.59. The summed E-state index contributed by atoms with van der Waals surface area (Å²) < 4.78 is 10.8. The van der Waals surface area contributed by atoms with Gasteiger partial charge in [0, 0.05) is 5.56 Å². The Balaban J connectivity index is 1.85. The van der Waals surface area contributed by atoms with E-state index in [0.29, 0.717) is 12.4 Å². The van der Waals surface area contributed by atoms with Crippen molar-refractivity contribution in [2.24, 2.45) is 0 Å². The summed E-state index contributed by atoms with van der Waals surface area (Å²) in [6, 6.07) is 15.7. The maximum Gasteiger partial charge on any atom is 0.128 e. The molecule has 4 heteroatoms. The van der Waals surface area contributed by atoms with Crippen molar-refractivity contribution in [1.29, 1.82) is 0 Å². The topological polar surface area (TPSA) is 58.6 Å². The van der Waals surface area contributed by atoms with Crippen LogP contribution in [0.2, 0.25) is 0 Å². The van der Waals surface area contributed by atoms with Gasteiger partial charge in [-0.3, -0.25) is 0 Å². The molecule has 2 rings (SSSR count). The van der Waals surface area contributed by atoms with Gasteiger partial charge in [-0.05, 0) is 24.3 Å². The fourth-order valence-corrected chi connectivity index (χ4v) is 1.59. The highest BCUT2D eigenvalue weighted by Crippen LogP contribution is 2.17. The predicted octanol–water partition coefficient (Wildman–Crippen LogP) is 1.51. The van der Waals surface area contributed by atoms with Crippen LogP contribution >= 0.6 is 0 Å². The zero-order valence-corrected chi connectivity index (χ0v) is 10.2. The van der Waals surface area contributed by atoms with Crippen LogP contribution in [0.5, 0.6) is 11.5 Å². The molecule has 0 spiro atoms. The fraction of sp³-hybridized carbons (Fsp3) is 0.133. The number of ether oxygens (including phenoxy) is 2. The monoisotopic (exact) mass is 257 g/mol. The minimum Gasteiger partial charge on any atom is -0.545 e. The number of para-hydroxylation sites is 2. The van der Waals surface area contributed by atoms with Crippen LogP contribution in [-0.2, 0) is 0 Å². The van der Waals surface area contributed by atoms with Crippen molar-refractivity contribution in [2.45, 2.75) is 0 Å². The molecular weight excluding hydrogens is 244 g/mol. The van der Waals surface area contributed by atoms with Gasteiger partial charge in [0.15, 0.2) is 0 Å². The number of carboxylic acids is 1. The summed E-state index contributed by atoms with van der Waals surface area (Å²) in [7, 11) is 0. The molecule has 0 radical (unpaired) electrons. The molecule has 0 atom stereocenters. The molecule has 19 heavy (non-hydrogen) atoms. The van der Waals surface area contributed by atoms with Crippen molar-refractivity contribution in [1.82, 2.24) is 0 Å². The first-order valence-electron chi connectivity index (χ1n) is 5.88. The number of hydrogen-bond donors (Lipinski definition) is 0. The van der Waals surface area contributed by atoms with E-state index in [1.807, 2.05) is 30.3 Å². The number of carboxylic acid groups (broad SMARTS) is 1. The number of hydrogen-bond acceptors (Lipinski definition) is 4. The molecule has 0 aliphatic carbocycles. The maximum absolute atomic E-state index is 10.9. The zero-order valence-electron chi connectivity index (χ0n) is 10.2. The summed E-state index contributed by atoms with van der Waals surface area (Å²) in [5.41, 5.74) is 0.0437. The first kappa shape index (κ1) is 13.0. The normalized spacial score (nSPS) is 9.89. The Hall–Kier alpha value is -2.49. The number of carbonyl (C=O) groups is 1. The highest BCUT2D eigenvalue weighted by Gasteiger charge is 2.03. The highest BCUT2D eigenvalue weighted by atomic mass is 16.5. The largest absolute Gasteiger partial charge is 0.545 e. The molecule has 0 aromatic heterocycles. The molecule has 98 valence electrons. The molecule has 0 bridgehead atoms. The lowest BCUT2D eigenvalue weighted by molar-refractivity contribution is -0.255. The Morgan fingerprint density at radius 1 is 0.895 bits per heavy atom. The van der Waals surface area contributed by atoms with E-state index < -0.39 is 5.97 Å².